The van der Waals surface area contributed by atoms with Crippen LogP contribution in [0.5, 0.6) is 0 Å². The van der Waals surface area contributed by atoms with Gasteiger partial charge in [0, 0.05) is 11.1 Å². The van der Waals surface area contributed by atoms with Gasteiger partial charge in [0.15, 0.2) is 0 Å². The zero-order valence-corrected chi connectivity index (χ0v) is 10.1. The van der Waals surface area contributed by atoms with E-state index < -0.39 is 0 Å². The van der Waals surface area contributed by atoms with Crippen molar-refractivity contribution in [1.82, 2.24) is 5.32 Å². The minimum Gasteiger partial charge on any atom is -0.310 e. The van der Waals surface area contributed by atoms with Gasteiger partial charge in [-0.2, -0.15) is 0 Å². The predicted octanol–water partition coefficient (Wildman–Crippen LogP) is 3.79. The molecule has 0 aromatic heterocycles. The van der Waals surface area contributed by atoms with E-state index in [0.717, 1.165) is 12.1 Å². The zero-order chi connectivity index (χ0) is 11.4. The highest BCUT2D eigenvalue weighted by Gasteiger charge is 2.09. The minimum atomic E-state index is -0.292. The first-order valence-corrected chi connectivity index (χ1v) is 5.57. The van der Waals surface area contributed by atoms with Crippen molar-refractivity contribution in [2.24, 2.45) is 5.92 Å². The van der Waals surface area contributed by atoms with Gasteiger partial charge in [-0.25, -0.2) is 4.39 Å². The standard InChI is InChI=1S/C12H17ClFN/c1-8(2)7-15-9(3)11-5-4-10(14)6-12(11)13/h4-6,8-9,15H,7H2,1-3H3/t9-/m0/s1. The van der Waals surface area contributed by atoms with E-state index >= 15 is 0 Å². The molecule has 84 valence electrons. The fraction of sp³-hybridized carbons (Fsp3) is 0.500. The van der Waals surface area contributed by atoms with Gasteiger partial charge in [0.05, 0.1) is 0 Å². The summed E-state index contributed by atoms with van der Waals surface area (Å²) in [5, 5.41) is 3.84. The molecule has 15 heavy (non-hydrogen) atoms. The molecule has 0 amide bonds. The summed E-state index contributed by atoms with van der Waals surface area (Å²) in [6.07, 6.45) is 0. The van der Waals surface area contributed by atoms with Crippen molar-refractivity contribution in [3.63, 3.8) is 0 Å². The summed E-state index contributed by atoms with van der Waals surface area (Å²) >= 11 is 5.96. The first-order valence-electron chi connectivity index (χ1n) is 5.19. The quantitative estimate of drug-likeness (QED) is 0.829. The maximum atomic E-state index is 12.8. The maximum absolute atomic E-state index is 12.8. The third-order valence-corrected chi connectivity index (χ3v) is 2.59. The zero-order valence-electron chi connectivity index (χ0n) is 9.35. The highest BCUT2D eigenvalue weighted by Crippen LogP contribution is 2.23. The van der Waals surface area contributed by atoms with Crippen LogP contribution in [0.4, 0.5) is 4.39 Å². The van der Waals surface area contributed by atoms with E-state index in [9.17, 15) is 4.39 Å². The number of rotatable bonds is 4. The van der Waals surface area contributed by atoms with Gasteiger partial charge in [0.1, 0.15) is 5.82 Å². The van der Waals surface area contributed by atoms with E-state index in [1.54, 1.807) is 6.07 Å². The molecule has 1 rings (SSSR count). The lowest BCUT2D eigenvalue weighted by Gasteiger charge is -2.17. The maximum Gasteiger partial charge on any atom is 0.124 e. The van der Waals surface area contributed by atoms with Crippen LogP contribution < -0.4 is 5.32 Å². The van der Waals surface area contributed by atoms with Gasteiger partial charge in [-0.1, -0.05) is 31.5 Å². The molecule has 0 fully saturated rings. The van der Waals surface area contributed by atoms with Crippen LogP contribution in [0.2, 0.25) is 5.02 Å². The average Bonchev–Trinajstić information content (AvgIpc) is 2.14. The molecular weight excluding hydrogens is 213 g/mol. The van der Waals surface area contributed by atoms with Crippen molar-refractivity contribution in [2.75, 3.05) is 6.54 Å². The predicted molar refractivity (Wildman–Crippen MR) is 62.7 cm³/mol. The van der Waals surface area contributed by atoms with Gasteiger partial charge < -0.3 is 5.32 Å². The molecular formula is C12H17ClFN. The normalized spacial score (nSPS) is 13.2. The first kappa shape index (κ1) is 12.5. The molecule has 1 atom stereocenters. The molecule has 1 aromatic carbocycles. The topological polar surface area (TPSA) is 12.0 Å². The molecule has 0 saturated heterocycles. The molecule has 0 aliphatic carbocycles. The van der Waals surface area contributed by atoms with E-state index in [4.69, 9.17) is 11.6 Å². The Bertz CT molecular complexity index is 325. The number of benzene rings is 1. The molecule has 1 aromatic rings. The van der Waals surface area contributed by atoms with Crippen LogP contribution in [-0.4, -0.2) is 6.54 Å². The summed E-state index contributed by atoms with van der Waals surface area (Å²) in [4.78, 5) is 0. The second kappa shape index (κ2) is 5.47. The summed E-state index contributed by atoms with van der Waals surface area (Å²) in [6, 6.07) is 4.68. The van der Waals surface area contributed by atoms with E-state index in [-0.39, 0.29) is 11.9 Å². The second-order valence-electron chi connectivity index (χ2n) is 4.19. The van der Waals surface area contributed by atoms with E-state index in [0.29, 0.717) is 10.9 Å². The van der Waals surface area contributed by atoms with Gasteiger partial charge >= 0.3 is 0 Å². The summed E-state index contributed by atoms with van der Waals surface area (Å²) < 4.78 is 12.8. The second-order valence-corrected chi connectivity index (χ2v) is 4.60. The third-order valence-electron chi connectivity index (χ3n) is 2.26. The van der Waals surface area contributed by atoms with Crippen molar-refractivity contribution in [1.29, 1.82) is 0 Å². The summed E-state index contributed by atoms with van der Waals surface area (Å²) in [6.45, 7) is 7.24. The van der Waals surface area contributed by atoms with Gasteiger partial charge in [-0.15, -0.1) is 0 Å². The Balaban J connectivity index is 2.69. The lowest BCUT2D eigenvalue weighted by molar-refractivity contribution is 0.496. The van der Waals surface area contributed by atoms with Gasteiger partial charge in [0.25, 0.3) is 0 Å². The smallest absolute Gasteiger partial charge is 0.124 e. The fourth-order valence-electron chi connectivity index (χ4n) is 1.38. The molecule has 0 saturated carbocycles. The lowest BCUT2D eigenvalue weighted by Crippen LogP contribution is -2.23. The highest BCUT2D eigenvalue weighted by molar-refractivity contribution is 6.31. The van der Waals surface area contributed by atoms with E-state index in [1.165, 1.54) is 12.1 Å². The average molecular weight is 230 g/mol. The Hall–Kier alpha value is -0.600. The minimum absolute atomic E-state index is 0.153. The van der Waals surface area contributed by atoms with Crippen molar-refractivity contribution in [2.45, 2.75) is 26.8 Å². The Kier molecular flexibility index (Phi) is 4.55. The molecule has 0 bridgehead atoms. The van der Waals surface area contributed by atoms with Crippen LogP contribution in [-0.2, 0) is 0 Å². The summed E-state index contributed by atoms with van der Waals surface area (Å²) in [7, 11) is 0. The summed E-state index contributed by atoms with van der Waals surface area (Å²) in [5.41, 5.74) is 0.943. The van der Waals surface area contributed by atoms with Crippen LogP contribution in [0.15, 0.2) is 18.2 Å². The molecule has 0 spiro atoms. The van der Waals surface area contributed by atoms with E-state index in [1.807, 2.05) is 6.92 Å². The molecule has 3 heteroatoms. The largest absolute Gasteiger partial charge is 0.310 e. The number of halogens is 2. The molecule has 0 radical (unpaired) electrons. The molecule has 0 aliphatic rings. The van der Waals surface area contributed by atoms with Gasteiger partial charge in [0.2, 0.25) is 0 Å². The highest BCUT2D eigenvalue weighted by atomic mass is 35.5. The lowest BCUT2D eigenvalue weighted by atomic mass is 10.1. The monoisotopic (exact) mass is 229 g/mol. The van der Waals surface area contributed by atoms with Crippen molar-refractivity contribution >= 4 is 11.6 Å². The molecule has 0 unspecified atom stereocenters. The van der Waals surface area contributed by atoms with Gasteiger partial charge in [-0.05, 0) is 37.1 Å². The Labute approximate surface area is 95.6 Å². The van der Waals surface area contributed by atoms with Crippen molar-refractivity contribution in [3.8, 4) is 0 Å². The van der Waals surface area contributed by atoms with Crippen molar-refractivity contribution in [3.05, 3.63) is 34.6 Å². The molecule has 0 heterocycles. The molecule has 0 aliphatic heterocycles. The molecule has 1 nitrogen and oxygen atoms in total. The van der Waals surface area contributed by atoms with Crippen LogP contribution in [0, 0.1) is 11.7 Å². The Morgan fingerprint density at radius 1 is 1.33 bits per heavy atom. The van der Waals surface area contributed by atoms with Crippen LogP contribution in [0.1, 0.15) is 32.4 Å². The number of hydrogen-bond donors (Lipinski definition) is 1. The van der Waals surface area contributed by atoms with E-state index in [2.05, 4.69) is 19.2 Å². The number of nitrogens with one attached hydrogen (secondary N) is 1. The first-order chi connectivity index (χ1) is 7.00. The summed E-state index contributed by atoms with van der Waals surface area (Å²) in [5.74, 6) is 0.298. The fourth-order valence-corrected chi connectivity index (χ4v) is 1.71. The molecule has 1 N–H and O–H groups in total. The van der Waals surface area contributed by atoms with Crippen LogP contribution >= 0.6 is 11.6 Å². The SMILES string of the molecule is CC(C)CN[C@@H](C)c1ccc(F)cc1Cl. The van der Waals surface area contributed by atoms with Crippen LogP contribution in [0.3, 0.4) is 0 Å². The van der Waals surface area contributed by atoms with Crippen LogP contribution in [0.25, 0.3) is 0 Å². The van der Waals surface area contributed by atoms with Crippen molar-refractivity contribution < 1.29 is 4.39 Å². The Morgan fingerprint density at radius 2 is 2.00 bits per heavy atom. The Morgan fingerprint density at radius 3 is 2.53 bits per heavy atom. The number of hydrogen-bond acceptors (Lipinski definition) is 1. The van der Waals surface area contributed by atoms with Gasteiger partial charge in [-0.3, -0.25) is 0 Å². The third kappa shape index (κ3) is 3.80.